The highest BCUT2D eigenvalue weighted by molar-refractivity contribution is 6.01. The molecule has 0 amide bonds. The molecule has 0 unspecified atom stereocenters. The van der Waals surface area contributed by atoms with Crippen LogP contribution in [0.1, 0.15) is 77.6 Å². The van der Waals surface area contributed by atoms with E-state index >= 15 is 0 Å². The molecule has 2 aliphatic rings. The number of nitrogens with zero attached hydrogens (tertiary/aromatic N) is 1. The second-order valence-corrected chi connectivity index (χ2v) is 7.61. The van der Waals surface area contributed by atoms with Crippen LogP contribution in [0.25, 0.3) is 0 Å². The summed E-state index contributed by atoms with van der Waals surface area (Å²) in [5.41, 5.74) is 5.79. The fourth-order valence-electron chi connectivity index (χ4n) is 3.24. The maximum atomic E-state index is 4.80. The lowest BCUT2D eigenvalue weighted by molar-refractivity contribution is 0.357. The molecule has 2 saturated carbocycles. The third-order valence-electron chi connectivity index (χ3n) is 5.64. The summed E-state index contributed by atoms with van der Waals surface area (Å²) in [6.07, 6.45) is 13.6. The first-order valence-electron chi connectivity index (χ1n) is 9.84. The zero-order valence-electron chi connectivity index (χ0n) is 15.7. The van der Waals surface area contributed by atoms with Crippen LogP contribution >= 0.6 is 0 Å². The molecule has 0 aliphatic heterocycles. The van der Waals surface area contributed by atoms with Gasteiger partial charge in [-0.25, -0.2) is 0 Å². The molecular formula is C23H35N. The van der Waals surface area contributed by atoms with Crippen molar-refractivity contribution in [3.8, 4) is 0 Å². The van der Waals surface area contributed by atoms with Crippen LogP contribution in [0.2, 0.25) is 0 Å². The number of allylic oxidation sites excluding steroid dienone is 3. The van der Waals surface area contributed by atoms with Crippen molar-refractivity contribution in [2.45, 2.75) is 77.6 Å². The molecule has 0 aromatic rings. The van der Waals surface area contributed by atoms with E-state index < -0.39 is 0 Å². The van der Waals surface area contributed by atoms with Gasteiger partial charge >= 0.3 is 0 Å². The number of hydrogen-bond donors (Lipinski definition) is 0. The molecule has 1 nitrogen and oxygen atoms in total. The average Bonchev–Trinajstić information content (AvgIpc) is 3.34. The summed E-state index contributed by atoms with van der Waals surface area (Å²) in [6.45, 7) is 18.8. The summed E-state index contributed by atoms with van der Waals surface area (Å²) >= 11 is 0. The van der Waals surface area contributed by atoms with Gasteiger partial charge in [-0.2, -0.15) is 0 Å². The zero-order valence-corrected chi connectivity index (χ0v) is 15.7. The molecule has 2 aliphatic carbocycles. The van der Waals surface area contributed by atoms with Gasteiger partial charge in [0.05, 0.1) is 5.70 Å². The monoisotopic (exact) mass is 325 g/mol. The van der Waals surface area contributed by atoms with E-state index in [-0.39, 0.29) is 0 Å². The Balaban J connectivity index is 1.76. The van der Waals surface area contributed by atoms with Crippen molar-refractivity contribution in [2.24, 2.45) is 16.8 Å². The Hall–Kier alpha value is -1.37. The molecule has 0 spiro atoms. The molecule has 0 heterocycles. The Labute approximate surface area is 149 Å². The first-order valence-corrected chi connectivity index (χ1v) is 9.84. The molecule has 132 valence electrons. The minimum absolute atomic E-state index is 0.671. The fourth-order valence-corrected chi connectivity index (χ4v) is 3.24. The van der Waals surface area contributed by atoms with E-state index in [2.05, 4.69) is 33.2 Å². The molecule has 0 bridgehead atoms. The number of rotatable bonds is 12. The standard InChI is InChI=1S/C23H35N/c1-6-17(2)20(5)24-23(19(4)22-15-16-22)14-9-7-8-11-18(3)21-12-10-13-21/h21-22H,2-16H2,1H3. The Morgan fingerprint density at radius 3 is 2.08 bits per heavy atom. The van der Waals surface area contributed by atoms with Gasteiger partial charge in [-0.3, -0.25) is 4.99 Å². The molecule has 0 radical (unpaired) electrons. The Morgan fingerprint density at radius 1 is 0.875 bits per heavy atom. The van der Waals surface area contributed by atoms with Gasteiger partial charge in [0.2, 0.25) is 0 Å². The molecule has 24 heavy (non-hydrogen) atoms. The fraction of sp³-hybridized carbons (Fsp3) is 0.609. The Kier molecular flexibility index (Phi) is 7.27. The van der Waals surface area contributed by atoms with E-state index in [1.807, 2.05) is 0 Å². The van der Waals surface area contributed by atoms with Crippen LogP contribution in [0, 0.1) is 11.8 Å². The molecule has 0 aromatic carbocycles. The maximum Gasteiger partial charge on any atom is 0.0587 e. The number of aliphatic imine (C=N–C) groups is 1. The van der Waals surface area contributed by atoms with E-state index in [9.17, 15) is 0 Å². The van der Waals surface area contributed by atoms with Crippen LogP contribution in [0.4, 0.5) is 0 Å². The summed E-state index contributed by atoms with van der Waals surface area (Å²) in [5.74, 6) is 1.50. The molecule has 0 atom stereocenters. The summed E-state index contributed by atoms with van der Waals surface area (Å²) in [5, 5.41) is 0. The second kappa shape index (κ2) is 9.20. The smallest absolute Gasteiger partial charge is 0.0587 e. The lowest BCUT2D eigenvalue weighted by Crippen LogP contribution is -2.13. The summed E-state index contributed by atoms with van der Waals surface area (Å²) < 4.78 is 0. The van der Waals surface area contributed by atoms with Crippen LogP contribution < -0.4 is 0 Å². The van der Waals surface area contributed by atoms with Gasteiger partial charge in [0.1, 0.15) is 0 Å². The topological polar surface area (TPSA) is 12.4 Å². The van der Waals surface area contributed by atoms with Crippen LogP contribution in [0.5, 0.6) is 0 Å². The maximum absolute atomic E-state index is 4.80. The molecule has 0 saturated heterocycles. The molecule has 0 N–H and O–H groups in total. The van der Waals surface area contributed by atoms with Gasteiger partial charge in [0.15, 0.2) is 0 Å². The highest BCUT2D eigenvalue weighted by Gasteiger charge is 2.27. The summed E-state index contributed by atoms with van der Waals surface area (Å²) in [6, 6.07) is 0. The molecule has 2 fully saturated rings. The van der Waals surface area contributed by atoms with Crippen LogP contribution in [-0.2, 0) is 0 Å². The third kappa shape index (κ3) is 5.61. The minimum atomic E-state index is 0.671. The van der Waals surface area contributed by atoms with Crippen molar-refractivity contribution in [2.75, 3.05) is 0 Å². The molecular weight excluding hydrogens is 290 g/mol. The van der Waals surface area contributed by atoms with E-state index in [0.717, 1.165) is 30.0 Å². The lowest BCUT2D eigenvalue weighted by atomic mass is 9.78. The van der Waals surface area contributed by atoms with E-state index in [1.165, 1.54) is 74.6 Å². The number of unbranched alkanes of at least 4 members (excludes halogenated alkanes) is 2. The lowest BCUT2D eigenvalue weighted by Gasteiger charge is -2.27. The van der Waals surface area contributed by atoms with Gasteiger partial charge < -0.3 is 0 Å². The quantitative estimate of drug-likeness (QED) is 0.156. The normalized spacial score (nSPS) is 18.1. The van der Waals surface area contributed by atoms with Gasteiger partial charge in [-0.15, -0.1) is 0 Å². The SMILES string of the molecule is C=C(CC)C(=C)N=C(CCCCCC(=C)C1CCC1)C(=C)C1CC1. The van der Waals surface area contributed by atoms with E-state index in [0.29, 0.717) is 5.92 Å². The van der Waals surface area contributed by atoms with Crippen LogP contribution in [0.15, 0.2) is 53.7 Å². The van der Waals surface area contributed by atoms with Crippen molar-refractivity contribution >= 4 is 5.71 Å². The van der Waals surface area contributed by atoms with Gasteiger partial charge in [0.25, 0.3) is 0 Å². The summed E-state index contributed by atoms with van der Waals surface area (Å²) in [7, 11) is 0. The van der Waals surface area contributed by atoms with E-state index in [4.69, 9.17) is 4.99 Å². The molecule has 2 rings (SSSR count). The Bertz CT molecular complexity index is 526. The van der Waals surface area contributed by atoms with Crippen molar-refractivity contribution in [1.29, 1.82) is 0 Å². The highest BCUT2D eigenvalue weighted by Crippen LogP contribution is 2.37. The predicted molar refractivity (Wildman–Crippen MR) is 107 cm³/mol. The van der Waals surface area contributed by atoms with Crippen molar-refractivity contribution in [3.05, 3.63) is 48.7 Å². The zero-order chi connectivity index (χ0) is 17.5. The minimum Gasteiger partial charge on any atom is -0.254 e. The van der Waals surface area contributed by atoms with Gasteiger partial charge in [0, 0.05) is 5.71 Å². The summed E-state index contributed by atoms with van der Waals surface area (Å²) in [4.78, 5) is 4.80. The highest BCUT2D eigenvalue weighted by atomic mass is 14.8. The van der Waals surface area contributed by atoms with Gasteiger partial charge in [-0.05, 0) is 80.8 Å². The first-order chi connectivity index (χ1) is 11.5. The molecule has 1 heteroatoms. The van der Waals surface area contributed by atoms with Crippen molar-refractivity contribution < 1.29 is 0 Å². The largest absolute Gasteiger partial charge is 0.254 e. The molecule has 0 aromatic heterocycles. The third-order valence-corrected chi connectivity index (χ3v) is 5.64. The first kappa shape index (κ1) is 19.0. The van der Waals surface area contributed by atoms with Gasteiger partial charge in [-0.1, -0.05) is 51.7 Å². The van der Waals surface area contributed by atoms with Crippen LogP contribution in [0.3, 0.4) is 0 Å². The number of hydrogen-bond acceptors (Lipinski definition) is 1. The van der Waals surface area contributed by atoms with E-state index in [1.54, 1.807) is 0 Å². The Morgan fingerprint density at radius 2 is 1.54 bits per heavy atom. The average molecular weight is 326 g/mol. The van der Waals surface area contributed by atoms with Crippen molar-refractivity contribution in [1.82, 2.24) is 0 Å². The van der Waals surface area contributed by atoms with Crippen LogP contribution in [-0.4, -0.2) is 5.71 Å². The van der Waals surface area contributed by atoms with Crippen molar-refractivity contribution in [3.63, 3.8) is 0 Å². The predicted octanol–water partition coefficient (Wildman–Crippen LogP) is 7.18. The second-order valence-electron chi connectivity index (χ2n) is 7.61.